The molecule has 1 aromatic heterocycles. The van der Waals surface area contributed by atoms with E-state index in [0.717, 1.165) is 5.56 Å². The highest BCUT2D eigenvalue weighted by molar-refractivity contribution is 5.94. The molecule has 1 atom stereocenters. The normalized spacial score (nSPS) is 11.9. The summed E-state index contributed by atoms with van der Waals surface area (Å²) in [5.41, 5.74) is 1.44. The van der Waals surface area contributed by atoms with Crippen molar-refractivity contribution < 1.29 is 13.7 Å². The SMILES string of the molecule is CC(NC(=O)c1ccc(F)cc1)c1noc(Cc2ccccc2)n1. The van der Waals surface area contributed by atoms with Gasteiger partial charge in [-0.1, -0.05) is 35.5 Å². The van der Waals surface area contributed by atoms with Crippen LogP contribution >= 0.6 is 0 Å². The molecule has 1 unspecified atom stereocenters. The molecule has 1 amide bonds. The van der Waals surface area contributed by atoms with E-state index >= 15 is 0 Å². The number of nitrogens with one attached hydrogen (secondary N) is 1. The van der Waals surface area contributed by atoms with Crippen LogP contribution in [0.1, 0.15) is 40.6 Å². The van der Waals surface area contributed by atoms with E-state index in [4.69, 9.17) is 4.52 Å². The van der Waals surface area contributed by atoms with Crippen LogP contribution in [-0.2, 0) is 6.42 Å². The molecule has 3 rings (SSSR count). The Balaban J connectivity index is 1.64. The summed E-state index contributed by atoms with van der Waals surface area (Å²) in [4.78, 5) is 16.4. The molecule has 2 aromatic carbocycles. The number of carbonyl (C=O) groups excluding carboxylic acids is 1. The fraction of sp³-hybridized carbons (Fsp3) is 0.167. The Kier molecular flexibility index (Phi) is 4.65. The fourth-order valence-electron chi connectivity index (χ4n) is 2.23. The van der Waals surface area contributed by atoms with Gasteiger partial charge in [-0.3, -0.25) is 4.79 Å². The zero-order chi connectivity index (χ0) is 16.9. The zero-order valence-corrected chi connectivity index (χ0v) is 13.1. The first-order valence-electron chi connectivity index (χ1n) is 7.54. The molecule has 3 aromatic rings. The second-order valence-corrected chi connectivity index (χ2v) is 5.41. The minimum atomic E-state index is -0.421. The minimum Gasteiger partial charge on any atom is -0.342 e. The number of amides is 1. The highest BCUT2D eigenvalue weighted by atomic mass is 19.1. The summed E-state index contributed by atoms with van der Waals surface area (Å²) in [6.45, 7) is 1.76. The first kappa shape index (κ1) is 15.9. The molecule has 0 bridgehead atoms. The fourth-order valence-corrected chi connectivity index (χ4v) is 2.23. The van der Waals surface area contributed by atoms with E-state index in [0.29, 0.717) is 23.7 Å². The largest absolute Gasteiger partial charge is 0.342 e. The lowest BCUT2D eigenvalue weighted by atomic mass is 10.1. The van der Waals surface area contributed by atoms with Gasteiger partial charge >= 0.3 is 0 Å². The lowest BCUT2D eigenvalue weighted by Crippen LogP contribution is -2.27. The van der Waals surface area contributed by atoms with Gasteiger partial charge in [0, 0.05) is 5.56 Å². The number of carbonyl (C=O) groups is 1. The second kappa shape index (κ2) is 7.04. The number of aromatic nitrogens is 2. The Bertz CT molecular complexity index is 816. The maximum atomic E-state index is 12.9. The van der Waals surface area contributed by atoms with Crippen LogP contribution in [0.25, 0.3) is 0 Å². The Morgan fingerprint density at radius 3 is 2.58 bits per heavy atom. The van der Waals surface area contributed by atoms with Crippen molar-refractivity contribution in [3.05, 3.63) is 83.3 Å². The Morgan fingerprint density at radius 2 is 1.88 bits per heavy atom. The van der Waals surface area contributed by atoms with Crippen LogP contribution in [0.15, 0.2) is 59.1 Å². The van der Waals surface area contributed by atoms with Crippen molar-refractivity contribution in [1.29, 1.82) is 0 Å². The van der Waals surface area contributed by atoms with E-state index in [2.05, 4.69) is 15.5 Å². The van der Waals surface area contributed by atoms with Crippen LogP contribution < -0.4 is 5.32 Å². The van der Waals surface area contributed by atoms with E-state index < -0.39 is 6.04 Å². The molecule has 1 N–H and O–H groups in total. The van der Waals surface area contributed by atoms with Gasteiger partial charge in [-0.15, -0.1) is 0 Å². The average molecular weight is 325 g/mol. The molecule has 0 saturated heterocycles. The second-order valence-electron chi connectivity index (χ2n) is 5.41. The van der Waals surface area contributed by atoms with E-state index in [1.807, 2.05) is 30.3 Å². The summed E-state index contributed by atoms with van der Waals surface area (Å²) < 4.78 is 18.1. The van der Waals surface area contributed by atoms with Gasteiger partial charge in [0.1, 0.15) is 5.82 Å². The first-order valence-corrected chi connectivity index (χ1v) is 7.54. The van der Waals surface area contributed by atoms with Crippen LogP contribution in [-0.4, -0.2) is 16.0 Å². The lowest BCUT2D eigenvalue weighted by molar-refractivity contribution is 0.0938. The number of hydrogen-bond donors (Lipinski definition) is 1. The van der Waals surface area contributed by atoms with Crippen molar-refractivity contribution in [3.8, 4) is 0 Å². The van der Waals surface area contributed by atoms with Gasteiger partial charge in [0.25, 0.3) is 5.91 Å². The molecule has 6 heteroatoms. The molecular formula is C18H16FN3O2. The van der Waals surface area contributed by atoms with Gasteiger partial charge in [-0.05, 0) is 36.8 Å². The zero-order valence-electron chi connectivity index (χ0n) is 13.1. The smallest absolute Gasteiger partial charge is 0.251 e. The molecule has 0 aliphatic rings. The summed E-state index contributed by atoms with van der Waals surface area (Å²) in [6, 6.07) is 14.7. The Hall–Kier alpha value is -3.02. The molecule has 0 aliphatic heterocycles. The van der Waals surface area contributed by atoms with Gasteiger partial charge in [0.15, 0.2) is 5.82 Å². The molecule has 0 aliphatic carbocycles. The van der Waals surface area contributed by atoms with Crippen molar-refractivity contribution >= 4 is 5.91 Å². The quantitative estimate of drug-likeness (QED) is 0.781. The summed E-state index contributed by atoms with van der Waals surface area (Å²) >= 11 is 0. The van der Waals surface area contributed by atoms with Crippen molar-refractivity contribution in [3.63, 3.8) is 0 Å². The van der Waals surface area contributed by atoms with Gasteiger partial charge in [0.2, 0.25) is 5.89 Å². The molecule has 1 heterocycles. The number of rotatable bonds is 5. The van der Waals surface area contributed by atoms with Gasteiger partial charge < -0.3 is 9.84 Å². The van der Waals surface area contributed by atoms with E-state index in [1.54, 1.807) is 6.92 Å². The van der Waals surface area contributed by atoms with Gasteiger partial charge in [-0.25, -0.2) is 4.39 Å². The van der Waals surface area contributed by atoms with Crippen molar-refractivity contribution in [2.24, 2.45) is 0 Å². The average Bonchev–Trinajstić information content (AvgIpc) is 3.05. The highest BCUT2D eigenvalue weighted by Gasteiger charge is 2.17. The van der Waals surface area contributed by atoms with Crippen LogP contribution in [0.5, 0.6) is 0 Å². The molecule has 0 fully saturated rings. The minimum absolute atomic E-state index is 0.322. The van der Waals surface area contributed by atoms with Crippen LogP contribution in [0.3, 0.4) is 0 Å². The molecular weight excluding hydrogens is 309 g/mol. The monoisotopic (exact) mass is 325 g/mol. The third kappa shape index (κ3) is 3.84. The number of nitrogens with zero attached hydrogens (tertiary/aromatic N) is 2. The van der Waals surface area contributed by atoms with Gasteiger partial charge in [-0.2, -0.15) is 4.98 Å². The summed E-state index contributed by atoms with van der Waals surface area (Å²) in [5, 5.41) is 6.68. The number of halogens is 1. The Labute approximate surface area is 138 Å². The molecule has 5 nitrogen and oxygen atoms in total. The van der Waals surface area contributed by atoms with Crippen LogP contribution in [0.2, 0.25) is 0 Å². The van der Waals surface area contributed by atoms with Crippen LogP contribution in [0, 0.1) is 5.82 Å². The van der Waals surface area contributed by atoms with E-state index in [-0.39, 0.29) is 11.7 Å². The van der Waals surface area contributed by atoms with Crippen molar-refractivity contribution in [2.45, 2.75) is 19.4 Å². The molecule has 0 spiro atoms. The van der Waals surface area contributed by atoms with Crippen molar-refractivity contribution in [1.82, 2.24) is 15.5 Å². The topological polar surface area (TPSA) is 68.0 Å². The summed E-state index contributed by atoms with van der Waals surface area (Å²) in [6.07, 6.45) is 0.534. The molecule has 0 saturated carbocycles. The maximum Gasteiger partial charge on any atom is 0.251 e. The number of benzene rings is 2. The standard InChI is InChI=1S/C18H16FN3O2/c1-12(20-18(23)14-7-9-15(19)10-8-14)17-21-16(24-22-17)11-13-5-3-2-4-6-13/h2-10,12H,11H2,1H3,(H,20,23). The lowest BCUT2D eigenvalue weighted by Gasteiger charge is -2.09. The summed E-state index contributed by atoms with van der Waals surface area (Å²) in [7, 11) is 0. The van der Waals surface area contributed by atoms with Crippen LogP contribution in [0.4, 0.5) is 4.39 Å². The van der Waals surface area contributed by atoms with Gasteiger partial charge in [0.05, 0.1) is 12.5 Å². The molecule has 24 heavy (non-hydrogen) atoms. The third-order valence-corrected chi connectivity index (χ3v) is 3.52. The molecule has 122 valence electrons. The summed E-state index contributed by atoms with van der Waals surface area (Å²) in [5.74, 6) is 0.177. The first-order chi connectivity index (χ1) is 11.6. The highest BCUT2D eigenvalue weighted by Crippen LogP contribution is 2.13. The van der Waals surface area contributed by atoms with Crippen molar-refractivity contribution in [2.75, 3.05) is 0 Å². The molecule has 0 radical (unpaired) electrons. The predicted octanol–water partition coefficient (Wildman–Crippen LogP) is 3.29. The Morgan fingerprint density at radius 1 is 1.17 bits per heavy atom. The maximum absolute atomic E-state index is 12.9. The number of hydrogen-bond acceptors (Lipinski definition) is 4. The predicted molar refractivity (Wildman–Crippen MR) is 85.8 cm³/mol. The van der Waals surface area contributed by atoms with E-state index in [1.165, 1.54) is 24.3 Å². The third-order valence-electron chi connectivity index (χ3n) is 3.52. The van der Waals surface area contributed by atoms with E-state index in [9.17, 15) is 9.18 Å².